The van der Waals surface area contributed by atoms with Crippen LogP contribution in [-0.4, -0.2) is 57.7 Å². The molecule has 122 valence electrons. The van der Waals surface area contributed by atoms with Gasteiger partial charge in [0, 0.05) is 30.6 Å². The van der Waals surface area contributed by atoms with E-state index in [4.69, 9.17) is 16.3 Å². The van der Waals surface area contributed by atoms with E-state index in [2.05, 4.69) is 5.32 Å². The number of amides is 1. The Labute approximate surface area is 135 Å². The molecule has 2 rings (SSSR count). The monoisotopic (exact) mass is 346 g/mol. The zero-order valence-electron chi connectivity index (χ0n) is 12.5. The second-order valence-corrected chi connectivity index (χ2v) is 8.11. The van der Waals surface area contributed by atoms with Crippen LogP contribution in [0.4, 0.5) is 0 Å². The average Bonchev–Trinajstić information content (AvgIpc) is 2.85. The van der Waals surface area contributed by atoms with E-state index in [0.29, 0.717) is 23.8 Å². The van der Waals surface area contributed by atoms with Crippen LogP contribution in [0.15, 0.2) is 24.3 Å². The van der Waals surface area contributed by atoms with Gasteiger partial charge in [-0.1, -0.05) is 17.7 Å². The van der Waals surface area contributed by atoms with E-state index in [1.54, 1.807) is 24.3 Å². The summed E-state index contributed by atoms with van der Waals surface area (Å²) in [6, 6.07) is 6.27. The number of ether oxygens (including phenoxy) is 1. The Morgan fingerprint density at radius 3 is 2.77 bits per heavy atom. The van der Waals surface area contributed by atoms with Gasteiger partial charge in [-0.15, -0.1) is 0 Å². The number of carbonyl (C=O) groups is 1. The summed E-state index contributed by atoms with van der Waals surface area (Å²) in [5.41, 5.74) is 0.439. The first-order chi connectivity index (χ1) is 10.3. The van der Waals surface area contributed by atoms with Gasteiger partial charge in [-0.3, -0.25) is 4.79 Å². The predicted octanol–water partition coefficient (Wildman–Crippen LogP) is 0.976. The van der Waals surface area contributed by atoms with Crippen LogP contribution in [0.25, 0.3) is 0 Å². The molecule has 22 heavy (non-hydrogen) atoms. The molecule has 1 amide bonds. The molecule has 8 heteroatoms. The molecule has 1 N–H and O–H groups in total. The molecule has 2 atom stereocenters. The van der Waals surface area contributed by atoms with E-state index in [-0.39, 0.29) is 23.6 Å². The van der Waals surface area contributed by atoms with Crippen molar-refractivity contribution in [3.05, 3.63) is 34.9 Å². The molecule has 0 aliphatic carbocycles. The fourth-order valence-electron chi connectivity index (χ4n) is 2.22. The molecule has 1 fully saturated rings. The number of nitrogens with zero attached hydrogens (tertiary/aromatic N) is 1. The van der Waals surface area contributed by atoms with Crippen LogP contribution in [-0.2, 0) is 14.8 Å². The molecule has 1 heterocycles. The molecule has 1 aromatic rings. The Hall–Kier alpha value is -1.15. The quantitative estimate of drug-likeness (QED) is 0.862. The van der Waals surface area contributed by atoms with Crippen molar-refractivity contribution in [3.63, 3.8) is 0 Å². The van der Waals surface area contributed by atoms with Crippen molar-refractivity contribution in [3.8, 4) is 0 Å². The van der Waals surface area contributed by atoms with Crippen LogP contribution in [0.3, 0.4) is 0 Å². The summed E-state index contributed by atoms with van der Waals surface area (Å²) < 4.78 is 30.5. The van der Waals surface area contributed by atoms with Gasteiger partial charge in [0.2, 0.25) is 10.0 Å². The lowest BCUT2D eigenvalue weighted by atomic mass is 10.1. The van der Waals surface area contributed by atoms with Gasteiger partial charge in [0.15, 0.2) is 0 Å². The minimum absolute atomic E-state index is 0.0551. The van der Waals surface area contributed by atoms with Crippen LogP contribution in [0, 0.1) is 5.92 Å². The molecular formula is C14H19ClN2O4S. The zero-order chi connectivity index (χ0) is 16.3. The highest BCUT2D eigenvalue weighted by atomic mass is 35.5. The molecule has 0 saturated carbocycles. The second kappa shape index (κ2) is 6.95. The summed E-state index contributed by atoms with van der Waals surface area (Å²) in [5.74, 6) is -0.610. The molecule has 0 spiro atoms. The largest absolute Gasteiger partial charge is 0.379 e. The van der Waals surface area contributed by atoms with Crippen molar-refractivity contribution in [2.24, 2.45) is 5.92 Å². The molecule has 0 bridgehead atoms. The van der Waals surface area contributed by atoms with Gasteiger partial charge >= 0.3 is 0 Å². The van der Waals surface area contributed by atoms with Gasteiger partial charge in [-0.05, 0) is 18.2 Å². The standard InChI is InChI=1S/C14H19ClN2O4S/c1-17(2)22(19,20)9-11-7-21-8-13(11)16-14(18)10-4-3-5-12(15)6-10/h3-6,11,13H,7-9H2,1-2H3,(H,16,18). The van der Waals surface area contributed by atoms with Gasteiger partial charge in [0.25, 0.3) is 5.91 Å². The minimum Gasteiger partial charge on any atom is -0.379 e. The zero-order valence-corrected chi connectivity index (χ0v) is 14.0. The third kappa shape index (κ3) is 4.19. The van der Waals surface area contributed by atoms with Crippen molar-refractivity contribution >= 4 is 27.5 Å². The van der Waals surface area contributed by atoms with Gasteiger partial charge in [-0.25, -0.2) is 12.7 Å². The predicted molar refractivity (Wildman–Crippen MR) is 84.5 cm³/mol. The Balaban J connectivity index is 2.04. The van der Waals surface area contributed by atoms with Crippen LogP contribution in [0.5, 0.6) is 0 Å². The van der Waals surface area contributed by atoms with Crippen molar-refractivity contribution in [1.82, 2.24) is 9.62 Å². The van der Waals surface area contributed by atoms with Gasteiger partial charge in [-0.2, -0.15) is 0 Å². The molecule has 0 radical (unpaired) electrons. The van der Waals surface area contributed by atoms with E-state index in [9.17, 15) is 13.2 Å². The summed E-state index contributed by atoms with van der Waals surface area (Å²) >= 11 is 5.87. The highest BCUT2D eigenvalue weighted by Gasteiger charge is 2.34. The highest BCUT2D eigenvalue weighted by molar-refractivity contribution is 7.89. The molecular weight excluding hydrogens is 328 g/mol. The first-order valence-corrected chi connectivity index (χ1v) is 8.82. The number of hydrogen-bond donors (Lipinski definition) is 1. The first kappa shape index (κ1) is 17.2. The smallest absolute Gasteiger partial charge is 0.251 e. The van der Waals surface area contributed by atoms with E-state index < -0.39 is 10.0 Å². The molecule has 1 aromatic carbocycles. The molecule has 1 aliphatic heterocycles. The van der Waals surface area contributed by atoms with Crippen LogP contribution in [0.1, 0.15) is 10.4 Å². The molecule has 1 aliphatic rings. The highest BCUT2D eigenvalue weighted by Crippen LogP contribution is 2.18. The normalized spacial score (nSPS) is 22.0. The maximum Gasteiger partial charge on any atom is 0.251 e. The van der Waals surface area contributed by atoms with Gasteiger partial charge in [0.05, 0.1) is 25.0 Å². The van der Waals surface area contributed by atoms with Crippen LogP contribution in [0.2, 0.25) is 5.02 Å². The second-order valence-electron chi connectivity index (χ2n) is 5.45. The number of rotatable bonds is 5. The van der Waals surface area contributed by atoms with Gasteiger partial charge in [0.1, 0.15) is 0 Å². The number of halogens is 1. The summed E-state index contributed by atoms with van der Waals surface area (Å²) in [5, 5.41) is 3.30. The molecule has 2 unspecified atom stereocenters. The first-order valence-electron chi connectivity index (χ1n) is 6.84. The summed E-state index contributed by atoms with van der Waals surface area (Å²) in [6.07, 6.45) is 0. The number of carbonyl (C=O) groups excluding carboxylic acids is 1. The number of benzene rings is 1. The lowest BCUT2D eigenvalue weighted by Gasteiger charge is -2.21. The molecule has 0 aromatic heterocycles. The molecule has 1 saturated heterocycles. The van der Waals surface area contributed by atoms with Crippen LogP contribution >= 0.6 is 11.6 Å². The lowest BCUT2D eigenvalue weighted by Crippen LogP contribution is -2.43. The Morgan fingerprint density at radius 2 is 2.14 bits per heavy atom. The Bertz CT molecular complexity index is 648. The third-order valence-corrected chi connectivity index (χ3v) is 5.78. The van der Waals surface area contributed by atoms with E-state index >= 15 is 0 Å². The Kier molecular flexibility index (Phi) is 5.44. The van der Waals surface area contributed by atoms with Crippen LogP contribution < -0.4 is 5.32 Å². The van der Waals surface area contributed by atoms with Crippen molar-refractivity contribution in [2.45, 2.75) is 6.04 Å². The van der Waals surface area contributed by atoms with Gasteiger partial charge < -0.3 is 10.1 Å². The summed E-state index contributed by atoms with van der Waals surface area (Å²) in [6.45, 7) is 0.619. The lowest BCUT2D eigenvalue weighted by molar-refractivity contribution is 0.0926. The summed E-state index contributed by atoms with van der Waals surface area (Å²) in [4.78, 5) is 12.2. The van der Waals surface area contributed by atoms with E-state index in [0.717, 1.165) is 0 Å². The SMILES string of the molecule is CN(C)S(=O)(=O)CC1COCC1NC(=O)c1cccc(Cl)c1. The van der Waals surface area contributed by atoms with E-state index in [1.807, 2.05) is 0 Å². The average molecular weight is 347 g/mol. The number of nitrogens with one attached hydrogen (secondary N) is 1. The Morgan fingerprint density at radius 1 is 1.41 bits per heavy atom. The van der Waals surface area contributed by atoms with Crippen molar-refractivity contribution in [1.29, 1.82) is 0 Å². The minimum atomic E-state index is -3.34. The fraction of sp³-hybridized carbons (Fsp3) is 0.500. The van der Waals surface area contributed by atoms with Crippen molar-refractivity contribution in [2.75, 3.05) is 33.1 Å². The topological polar surface area (TPSA) is 75.7 Å². The maximum absolute atomic E-state index is 12.2. The molecule has 6 nitrogen and oxygen atoms in total. The maximum atomic E-state index is 12.2. The van der Waals surface area contributed by atoms with Crippen molar-refractivity contribution < 1.29 is 17.9 Å². The number of hydrogen-bond acceptors (Lipinski definition) is 4. The summed E-state index contributed by atoms with van der Waals surface area (Å²) in [7, 11) is -0.359. The third-order valence-electron chi connectivity index (χ3n) is 3.58. The fourth-order valence-corrected chi connectivity index (χ4v) is 3.58. The van der Waals surface area contributed by atoms with E-state index in [1.165, 1.54) is 18.4 Å². The number of sulfonamides is 1.